The molecule has 10 heteroatoms. The van der Waals surface area contributed by atoms with Crippen LogP contribution in [0.1, 0.15) is 0 Å². The zero-order chi connectivity index (χ0) is 18.6. The lowest BCUT2D eigenvalue weighted by molar-refractivity contribution is -0.384. The van der Waals surface area contributed by atoms with Crippen LogP contribution in [0.4, 0.5) is 11.5 Å². The van der Waals surface area contributed by atoms with Gasteiger partial charge in [-0.2, -0.15) is 0 Å². The molecule has 3 heterocycles. The highest BCUT2D eigenvalue weighted by molar-refractivity contribution is 5.78. The average Bonchev–Trinajstić information content (AvgIpc) is 3.12. The van der Waals surface area contributed by atoms with Crippen LogP contribution < -0.4 is 5.32 Å². The maximum Gasteiger partial charge on any atom is 0.354 e. The Balaban J connectivity index is 1.61. The number of nitrogens with zero attached hydrogens (tertiary/aromatic N) is 6. The summed E-state index contributed by atoms with van der Waals surface area (Å²) >= 11 is 0. The van der Waals surface area contributed by atoms with E-state index in [1.54, 1.807) is 4.57 Å². The number of nitro groups is 1. The van der Waals surface area contributed by atoms with E-state index in [9.17, 15) is 10.1 Å². The predicted octanol–water partition coefficient (Wildman–Crippen LogP) is 1.47. The Labute approximate surface area is 155 Å². The van der Waals surface area contributed by atoms with Crippen LogP contribution in [0.25, 0.3) is 16.9 Å². The largest absolute Gasteiger partial charge is 0.379 e. The smallest absolute Gasteiger partial charge is 0.354 e. The molecule has 27 heavy (non-hydrogen) atoms. The van der Waals surface area contributed by atoms with Gasteiger partial charge < -0.3 is 10.1 Å². The third-order valence-electron chi connectivity index (χ3n) is 4.49. The first kappa shape index (κ1) is 17.3. The molecule has 0 saturated carbocycles. The van der Waals surface area contributed by atoms with Gasteiger partial charge in [-0.1, -0.05) is 12.1 Å². The van der Waals surface area contributed by atoms with Crippen molar-refractivity contribution in [1.29, 1.82) is 0 Å². The maximum atomic E-state index is 11.8. The van der Waals surface area contributed by atoms with Crippen molar-refractivity contribution >= 4 is 22.5 Å². The van der Waals surface area contributed by atoms with Crippen molar-refractivity contribution in [3.63, 3.8) is 0 Å². The van der Waals surface area contributed by atoms with Crippen LogP contribution in [-0.4, -0.2) is 68.7 Å². The van der Waals surface area contributed by atoms with E-state index in [1.807, 2.05) is 24.3 Å². The summed E-state index contributed by atoms with van der Waals surface area (Å²) in [7, 11) is 0. The summed E-state index contributed by atoms with van der Waals surface area (Å²) in [6.07, 6.45) is 2.87. The molecular weight excluding hydrogens is 350 g/mol. The number of aromatic nitrogens is 4. The Morgan fingerprint density at radius 1 is 1.19 bits per heavy atom. The van der Waals surface area contributed by atoms with E-state index in [4.69, 9.17) is 4.74 Å². The Morgan fingerprint density at radius 3 is 2.81 bits per heavy atom. The Hall–Kier alpha value is -3.11. The van der Waals surface area contributed by atoms with Crippen LogP contribution in [0, 0.1) is 10.1 Å². The van der Waals surface area contributed by atoms with E-state index < -0.39 is 4.92 Å². The van der Waals surface area contributed by atoms with Crippen LogP contribution in [0.3, 0.4) is 0 Å². The molecule has 3 aromatic rings. The van der Waals surface area contributed by atoms with E-state index in [1.165, 1.54) is 12.7 Å². The lowest BCUT2D eigenvalue weighted by Crippen LogP contribution is -2.39. The molecule has 0 bridgehead atoms. The molecule has 1 aromatic carbocycles. The van der Waals surface area contributed by atoms with Crippen LogP contribution in [-0.2, 0) is 4.74 Å². The number of para-hydroxylation sites is 2. The van der Waals surface area contributed by atoms with Gasteiger partial charge in [0.1, 0.15) is 12.7 Å². The quantitative estimate of drug-likeness (QED) is 0.514. The van der Waals surface area contributed by atoms with Gasteiger partial charge in [-0.25, -0.2) is 15.0 Å². The third-order valence-corrected chi connectivity index (χ3v) is 4.49. The van der Waals surface area contributed by atoms with E-state index >= 15 is 0 Å². The third kappa shape index (κ3) is 3.57. The van der Waals surface area contributed by atoms with Gasteiger partial charge >= 0.3 is 5.69 Å². The molecule has 1 N–H and O–H groups in total. The molecule has 2 aromatic heterocycles. The first-order valence-corrected chi connectivity index (χ1v) is 8.70. The Kier molecular flexibility index (Phi) is 4.90. The molecular formula is C17H19N7O3. The Morgan fingerprint density at radius 2 is 2.00 bits per heavy atom. The summed E-state index contributed by atoms with van der Waals surface area (Å²) in [5.41, 5.74) is 1.33. The summed E-state index contributed by atoms with van der Waals surface area (Å²) < 4.78 is 6.94. The highest BCUT2D eigenvalue weighted by Crippen LogP contribution is 2.29. The van der Waals surface area contributed by atoms with Gasteiger partial charge in [0.15, 0.2) is 0 Å². The van der Waals surface area contributed by atoms with Gasteiger partial charge in [0, 0.05) is 26.2 Å². The maximum absolute atomic E-state index is 11.8. The van der Waals surface area contributed by atoms with Crippen LogP contribution >= 0.6 is 0 Å². The summed E-state index contributed by atoms with van der Waals surface area (Å²) in [5.74, 6) is 0.397. The van der Waals surface area contributed by atoms with Gasteiger partial charge in [0.05, 0.1) is 29.2 Å². The number of imidazole rings is 1. The molecule has 140 valence electrons. The molecule has 0 aliphatic carbocycles. The first-order chi connectivity index (χ1) is 13.2. The van der Waals surface area contributed by atoms with Crippen molar-refractivity contribution < 1.29 is 9.66 Å². The number of fused-ring (bicyclic) bond motifs is 1. The lowest BCUT2D eigenvalue weighted by atomic mass is 10.3. The second-order valence-corrected chi connectivity index (χ2v) is 6.14. The van der Waals surface area contributed by atoms with Crippen molar-refractivity contribution in [3.05, 3.63) is 47.0 Å². The molecule has 1 saturated heterocycles. The highest BCUT2D eigenvalue weighted by atomic mass is 16.6. The molecule has 4 rings (SSSR count). The average molecular weight is 369 g/mol. The molecule has 10 nitrogen and oxygen atoms in total. The van der Waals surface area contributed by atoms with Crippen LogP contribution in [0.2, 0.25) is 0 Å². The number of anilines is 1. The summed E-state index contributed by atoms with van der Waals surface area (Å²) in [5, 5.41) is 14.8. The molecule has 0 amide bonds. The zero-order valence-electron chi connectivity index (χ0n) is 14.6. The fourth-order valence-electron chi connectivity index (χ4n) is 3.13. The SMILES string of the molecule is O=[N+]([O-])c1c(NCCN2CCOCC2)ncnc1-n1cnc2ccccc21. The van der Waals surface area contributed by atoms with Crippen molar-refractivity contribution in [1.82, 2.24) is 24.4 Å². The molecule has 1 aliphatic rings. The van der Waals surface area contributed by atoms with E-state index in [-0.39, 0.29) is 17.3 Å². The molecule has 1 fully saturated rings. The first-order valence-electron chi connectivity index (χ1n) is 8.70. The molecule has 0 radical (unpaired) electrons. The van der Waals surface area contributed by atoms with Crippen LogP contribution in [0.15, 0.2) is 36.9 Å². The fraction of sp³-hybridized carbons (Fsp3) is 0.353. The van der Waals surface area contributed by atoms with Gasteiger partial charge in [0.25, 0.3) is 0 Å². The minimum Gasteiger partial charge on any atom is -0.379 e. The highest BCUT2D eigenvalue weighted by Gasteiger charge is 2.25. The monoisotopic (exact) mass is 369 g/mol. The van der Waals surface area contributed by atoms with Crippen LogP contribution in [0.5, 0.6) is 0 Å². The Bertz CT molecular complexity index is 953. The standard InChI is InChI=1S/C17H19N7O3/c25-24(26)15-16(18-5-6-22-7-9-27-10-8-22)19-11-20-17(15)23-12-21-13-3-1-2-4-14(13)23/h1-4,11-12H,5-10H2,(H,18,19,20). The van der Waals surface area contributed by atoms with Crippen molar-refractivity contribution in [2.75, 3.05) is 44.7 Å². The minimum atomic E-state index is -0.457. The van der Waals surface area contributed by atoms with Crippen molar-refractivity contribution in [2.45, 2.75) is 0 Å². The molecule has 0 unspecified atom stereocenters. The lowest BCUT2D eigenvalue weighted by Gasteiger charge is -2.26. The second kappa shape index (κ2) is 7.64. The van der Waals surface area contributed by atoms with Crippen molar-refractivity contribution in [2.24, 2.45) is 0 Å². The van der Waals surface area contributed by atoms with Crippen molar-refractivity contribution in [3.8, 4) is 5.82 Å². The molecule has 1 aliphatic heterocycles. The number of benzene rings is 1. The van der Waals surface area contributed by atoms with E-state index in [0.29, 0.717) is 19.8 Å². The number of rotatable bonds is 6. The second-order valence-electron chi connectivity index (χ2n) is 6.14. The number of nitrogens with one attached hydrogen (secondary N) is 1. The summed E-state index contributed by atoms with van der Waals surface area (Å²) in [6.45, 7) is 4.45. The van der Waals surface area contributed by atoms with E-state index in [0.717, 1.165) is 30.7 Å². The van der Waals surface area contributed by atoms with Gasteiger partial charge in [-0.05, 0) is 12.1 Å². The summed E-state index contributed by atoms with van der Waals surface area (Å²) in [4.78, 5) is 26.1. The zero-order valence-corrected chi connectivity index (χ0v) is 14.6. The van der Waals surface area contributed by atoms with Gasteiger partial charge in [-0.3, -0.25) is 19.6 Å². The molecule has 0 atom stereocenters. The van der Waals surface area contributed by atoms with Gasteiger partial charge in [0.2, 0.25) is 11.6 Å². The minimum absolute atomic E-state index is 0.164. The van der Waals surface area contributed by atoms with E-state index in [2.05, 4.69) is 25.2 Å². The molecule has 0 spiro atoms. The normalized spacial score (nSPS) is 15.1. The fourth-order valence-corrected chi connectivity index (χ4v) is 3.13. The summed E-state index contributed by atoms with van der Waals surface area (Å²) in [6, 6.07) is 7.42. The predicted molar refractivity (Wildman–Crippen MR) is 99.1 cm³/mol. The number of hydrogen-bond acceptors (Lipinski definition) is 8. The topological polar surface area (TPSA) is 111 Å². The number of ether oxygens (including phenoxy) is 1. The number of morpholine rings is 1. The number of hydrogen-bond donors (Lipinski definition) is 1. The van der Waals surface area contributed by atoms with Gasteiger partial charge in [-0.15, -0.1) is 0 Å².